The second kappa shape index (κ2) is 11.0. The Morgan fingerprint density at radius 1 is 1.07 bits per heavy atom. The summed E-state index contributed by atoms with van der Waals surface area (Å²) >= 11 is 0. The van der Waals surface area contributed by atoms with Crippen molar-refractivity contribution in [1.29, 1.82) is 0 Å². The standard InChI is InChI=1S/C12H27NO/c1-3-4-5-6-9-12(2)13-10-7-8-11-14/h12-14H,3-11H2,1-2H3. The lowest BCUT2D eigenvalue weighted by Gasteiger charge is -2.13. The molecule has 0 bridgehead atoms. The van der Waals surface area contributed by atoms with Gasteiger partial charge in [-0.1, -0.05) is 32.6 Å². The van der Waals surface area contributed by atoms with Crippen LogP contribution in [0.2, 0.25) is 0 Å². The fourth-order valence-electron chi connectivity index (χ4n) is 1.56. The molecule has 0 aromatic carbocycles. The van der Waals surface area contributed by atoms with Crippen molar-refractivity contribution < 1.29 is 5.11 Å². The number of unbranched alkanes of at least 4 members (excludes halogenated alkanes) is 4. The summed E-state index contributed by atoms with van der Waals surface area (Å²) in [6, 6.07) is 0.644. The molecule has 0 aliphatic carbocycles. The highest BCUT2D eigenvalue weighted by Crippen LogP contribution is 2.05. The molecular weight excluding hydrogens is 174 g/mol. The Hall–Kier alpha value is -0.0800. The third-order valence-corrected chi connectivity index (χ3v) is 2.57. The molecule has 0 heterocycles. The minimum Gasteiger partial charge on any atom is -0.396 e. The van der Waals surface area contributed by atoms with E-state index in [4.69, 9.17) is 5.11 Å². The van der Waals surface area contributed by atoms with Gasteiger partial charge >= 0.3 is 0 Å². The number of hydrogen-bond acceptors (Lipinski definition) is 2. The molecule has 14 heavy (non-hydrogen) atoms. The molecular formula is C12H27NO. The zero-order chi connectivity index (χ0) is 10.6. The maximum atomic E-state index is 8.60. The molecule has 0 amide bonds. The molecule has 2 N–H and O–H groups in total. The van der Waals surface area contributed by atoms with Crippen LogP contribution in [-0.4, -0.2) is 24.3 Å². The van der Waals surface area contributed by atoms with E-state index >= 15 is 0 Å². The Morgan fingerprint density at radius 3 is 2.50 bits per heavy atom. The Labute approximate surface area is 89.1 Å². The normalized spacial score (nSPS) is 13.1. The van der Waals surface area contributed by atoms with Crippen molar-refractivity contribution in [2.75, 3.05) is 13.2 Å². The quantitative estimate of drug-likeness (QED) is 0.533. The topological polar surface area (TPSA) is 32.3 Å². The molecule has 0 aliphatic heterocycles. The third-order valence-electron chi connectivity index (χ3n) is 2.57. The molecule has 1 atom stereocenters. The van der Waals surface area contributed by atoms with E-state index in [1.165, 1.54) is 32.1 Å². The highest BCUT2D eigenvalue weighted by atomic mass is 16.2. The molecule has 0 fully saturated rings. The first-order chi connectivity index (χ1) is 6.81. The summed E-state index contributed by atoms with van der Waals surface area (Å²) in [7, 11) is 0. The maximum Gasteiger partial charge on any atom is 0.0431 e. The number of aliphatic hydroxyl groups is 1. The van der Waals surface area contributed by atoms with Crippen LogP contribution in [0.4, 0.5) is 0 Å². The van der Waals surface area contributed by atoms with Crippen LogP contribution in [0.3, 0.4) is 0 Å². The zero-order valence-electron chi connectivity index (χ0n) is 9.89. The molecule has 0 saturated carbocycles. The molecule has 0 rings (SSSR count). The van der Waals surface area contributed by atoms with Crippen LogP contribution in [0.1, 0.15) is 58.8 Å². The Bertz CT molecular complexity index is 94.5. The molecule has 86 valence electrons. The van der Waals surface area contributed by atoms with E-state index in [-0.39, 0.29) is 0 Å². The third kappa shape index (κ3) is 10.0. The maximum absolute atomic E-state index is 8.60. The van der Waals surface area contributed by atoms with Crippen molar-refractivity contribution >= 4 is 0 Å². The smallest absolute Gasteiger partial charge is 0.0431 e. The van der Waals surface area contributed by atoms with E-state index in [0.29, 0.717) is 12.6 Å². The highest BCUT2D eigenvalue weighted by molar-refractivity contribution is 4.60. The lowest BCUT2D eigenvalue weighted by Crippen LogP contribution is -2.26. The van der Waals surface area contributed by atoms with E-state index in [1.54, 1.807) is 0 Å². The fourth-order valence-corrected chi connectivity index (χ4v) is 1.56. The van der Waals surface area contributed by atoms with Gasteiger partial charge in [0.25, 0.3) is 0 Å². The number of aliphatic hydroxyl groups excluding tert-OH is 1. The summed E-state index contributed by atoms with van der Waals surface area (Å²) in [6.07, 6.45) is 8.72. The minimum atomic E-state index is 0.326. The van der Waals surface area contributed by atoms with Gasteiger partial charge in [0.15, 0.2) is 0 Å². The predicted molar refractivity (Wildman–Crippen MR) is 62.5 cm³/mol. The molecule has 1 unspecified atom stereocenters. The van der Waals surface area contributed by atoms with Gasteiger partial charge in [-0.2, -0.15) is 0 Å². The lowest BCUT2D eigenvalue weighted by molar-refractivity contribution is 0.282. The fraction of sp³-hybridized carbons (Fsp3) is 1.00. The van der Waals surface area contributed by atoms with Gasteiger partial charge in [-0.05, 0) is 32.7 Å². The summed E-state index contributed by atoms with van der Waals surface area (Å²) in [4.78, 5) is 0. The van der Waals surface area contributed by atoms with Crippen molar-refractivity contribution in [3.8, 4) is 0 Å². The molecule has 0 saturated heterocycles. The van der Waals surface area contributed by atoms with E-state index < -0.39 is 0 Å². The van der Waals surface area contributed by atoms with E-state index in [1.807, 2.05) is 0 Å². The van der Waals surface area contributed by atoms with Gasteiger partial charge in [0.2, 0.25) is 0 Å². The molecule has 0 radical (unpaired) electrons. The van der Waals surface area contributed by atoms with Crippen molar-refractivity contribution in [1.82, 2.24) is 5.32 Å². The average Bonchev–Trinajstić information content (AvgIpc) is 2.19. The van der Waals surface area contributed by atoms with E-state index in [2.05, 4.69) is 19.2 Å². The monoisotopic (exact) mass is 201 g/mol. The summed E-state index contributed by atoms with van der Waals surface area (Å²) < 4.78 is 0. The Morgan fingerprint density at radius 2 is 1.86 bits per heavy atom. The first kappa shape index (κ1) is 13.9. The van der Waals surface area contributed by atoms with Crippen LogP contribution in [0.5, 0.6) is 0 Å². The van der Waals surface area contributed by atoms with Gasteiger partial charge in [0.1, 0.15) is 0 Å². The summed E-state index contributed by atoms with van der Waals surface area (Å²) in [5, 5.41) is 12.1. The Kier molecular flexibility index (Phi) is 10.9. The van der Waals surface area contributed by atoms with Crippen LogP contribution >= 0.6 is 0 Å². The molecule has 2 nitrogen and oxygen atoms in total. The van der Waals surface area contributed by atoms with Crippen LogP contribution < -0.4 is 5.32 Å². The summed E-state index contributed by atoms with van der Waals surface area (Å²) in [6.45, 7) is 5.88. The first-order valence-corrected chi connectivity index (χ1v) is 6.15. The number of hydrogen-bond donors (Lipinski definition) is 2. The SMILES string of the molecule is CCCCCCC(C)NCCCCO. The highest BCUT2D eigenvalue weighted by Gasteiger charge is 1.99. The first-order valence-electron chi connectivity index (χ1n) is 6.15. The zero-order valence-corrected chi connectivity index (χ0v) is 9.89. The van der Waals surface area contributed by atoms with Crippen LogP contribution in [-0.2, 0) is 0 Å². The molecule has 0 aliphatic rings. The van der Waals surface area contributed by atoms with E-state index in [9.17, 15) is 0 Å². The second-order valence-corrected chi connectivity index (χ2v) is 4.14. The van der Waals surface area contributed by atoms with Gasteiger partial charge in [0, 0.05) is 12.6 Å². The van der Waals surface area contributed by atoms with Gasteiger partial charge in [-0.15, -0.1) is 0 Å². The van der Waals surface area contributed by atoms with Crippen LogP contribution in [0.15, 0.2) is 0 Å². The van der Waals surface area contributed by atoms with E-state index in [0.717, 1.165) is 19.4 Å². The van der Waals surface area contributed by atoms with Gasteiger partial charge in [0.05, 0.1) is 0 Å². The molecule has 0 aromatic heterocycles. The predicted octanol–water partition coefficient (Wildman–Crippen LogP) is 2.71. The van der Waals surface area contributed by atoms with Crippen molar-refractivity contribution in [3.05, 3.63) is 0 Å². The van der Waals surface area contributed by atoms with Gasteiger partial charge in [-0.25, -0.2) is 0 Å². The Balaban J connectivity index is 3.07. The lowest BCUT2D eigenvalue weighted by atomic mass is 10.1. The summed E-state index contributed by atoms with van der Waals surface area (Å²) in [5.41, 5.74) is 0. The van der Waals surface area contributed by atoms with Crippen molar-refractivity contribution in [2.24, 2.45) is 0 Å². The molecule has 0 spiro atoms. The van der Waals surface area contributed by atoms with Crippen LogP contribution in [0, 0.1) is 0 Å². The minimum absolute atomic E-state index is 0.326. The second-order valence-electron chi connectivity index (χ2n) is 4.14. The average molecular weight is 201 g/mol. The van der Waals surface area contributed by atoms with Gasteiger partial charge in [-0.3, -0.25) is 0 Å². The largest absolute Gasteiger partial charge is 0.396 e. The summed E-state index contributed by atoms with van der Waals surface area (Å²) in [5.74, 6) is 0. The van der Waals surface area contributed by atoms with Crippen LogP contribution in [0.25, 0.3) is 0 Å². The van der Waals surface area contributed by atoms with Crippen molar-refractivity contribution in [3.63, 3.8) is 0 Å². The van der Waals surface area contributed by atoms with Gasteiger partial charge < -0.3 is 10.4 Å². The number of rotatable bonds is 10. The van der Waals surface area contributed by atoms with Crippen molar-refractivity contribution in [2.45, 2.75) is 64.8 Å². The molecule has 2 heteroatoms. The number of nitrogens with one attached hydrogen (secondary N) is 1. The molecule has 0 aromatic rings.